The number of aromatic nitrogens is 5. The Morgan fingerprint density at radius 1 is 0.974 bits per heavy atom. The van der Waals surface area contributed by atoms with Crippen molar-refractivity contribution in [2.75, 3.05) is 16.8 Å². The van der Waals surface area contributed by atoms with Crippen molar-refractivity contribution in [3.63, 3.8) is 0 Å². The third kappa shape index (κ3) is 5.63. The molecule has 0 saturated heterocycles. The van der Waals surface area contributed by atoms with Crippen LogP contribution in [0.4, 0.5) is 5.13 Å². The first kappa shape index (κ1) is 26.6. The van der Waals surface area contributed by atoms with Gasteiger partial charge in [0.2, 0.25) is 16.9 Å². The Morgan fingerprint density at radius 2 is 1.68 bits per heavy atom. The molecule has 0 unspecified atom stereocenters. The summed E-state index contributed by atoms with van der Waals surface area (Å²) in [6, 6.07) is 0.313. The number of carbonyl (C=O) groups excluding carboxylic acids is 2. The molecule has 9 nitrogen and oxygen atoms in total. The lowest BCUT2D eigenvalue weighted by atomic mass is 9.49. The van der Waals surface area contributed by atoms with E-state index in [2.05, 4.69) is 42.5 Å². The molecule has 2 N–H and O–H groups in total. The van der Waals surface area contributed by atoms with Gasteiger partial charge in [-0.25, -0.2) is 0 Å². The molecule has 0 atom stereocenters. The third-order valence-electron chi connectivity index (χ3n) is 8.85. The van der Waals surface area contributed by atoms with Gasteiger partial charge >= 0.3 is 0 Å². The summed E-state index contributed by atoms with van der Waals surface area (Å²) in [4.78, 5) is 26.2. The first-order chi connectivity index (χ1) is 18.5. The van der Waals surface area contributed by atoms with E-state index < -0.39 is 0 Å². The summed E-state index contributed by atoms with van der Waals surface area (Å²) < 4.78 is 3.06. The van der Waals surface area contributed by atoms with Crippen LogP contribution in [0.2, 0.25) is 0 Å². The molecule has 38 heavy (non-hydrogen) atoms. The Balaban J connectivity index is 1.11. The molecule has 0 spiro atoms. The summed E-state index contributed by atoms with van der Waals surface area (Å²) in [5.74, 6) is 4.26. The maximum absolute atomic E-state index is 13.6. The number of rotatable bonds is 10. The first-order valence-electron chi connectivity index (χ1n) is 14.1. The fourth-order valence-corrected chi connectivity index (χ4v) is 10.2. The molecule has 2 amide bonds. The zero-order valence-corrected chi connectivity index (χ0v) is 24.4. The fourth-order valence-electron chi connectivity index (χ4n) is 7.70. The number of hydrogen-bond acceptors (Lipinski definition) is 9. The second-order valence-electron chi connectivity index (χ2n) is 11.6. The van der Waals surface area contributed by atoms with Crippen LogP contribution < -0.4 is 10.6 Å². The van der Waals surface area contributed by atoms with Crippen molar-refractivity contribution in [2.24, 2.45) is 23.2 Å². The largest absolute Gasteiger partial charge is 0.348 e. The van der Waals surface area contributed by atoms with Crippen LogP contribution >= 0.6 is 34.9 Å². The van der Waals surface area contributed by atoms with Gasteiger partial charge < -0.3 is 9.88 Å². The van der Waals surface area contributed by atoms with Gasteiger partial charge in [0.15, 0.2) is 15.3 Å². The highest BCUT2D eigenvalue weighted by molar-refractivity contribution is 8.01. The molecule has 2 aromatic rings. The van der Waals surface area contributed by atoms with Gasteiger partial charge in [0.1, 0.15) is 0 Å². The lowest BCUT2D eigenvalue weighted by Crippen LogP contribution is -2.53. The zero-order chi connectivity index (χ0) is 26.1. The molecular formula is C26H37N7O2S3. The third-order valence-corrected chi connectivity index (χ3v) is 11.7. The molecule has 12 heteroatoms. The van der Waals surface area contributed by atoms with Crippen molar-refractivity contribution in [3.05, 3.63) is 5.82 Å². The van der Waals surface area contributed by atoms with E-state index >= 15 is 0 Å². The van der Waals surface area contributed by atoms with Crippen molar-refractivity contribution in [2.45, 2.75) is 99.6 Å². The van der Waals surface area contributed by atoms with Crippen molar-refractivity contribution < 1.29 is 9.59 Å². The van der Waals surface area contributed by atoms with Crippen LogP contribution in [-0.2, 0) is 16.1 Å². The lowest BCUT2D eigenvalue weighted by Gasteiger charge is -2.55. The number of carbonyl (C=O) groups is 2. The standard InChI is InChI=1S/C26H37N7O2S3/c1-2-36-25-32-30-23(38-25)28-21(34)15-37-24-31-29-20(33(24)19-6-4-3-5-7-19)14-27-22(35)26-11-16-8-17(12-26)10-18(9-16)13-26/h16-19H,2-15H2,1H3,(H,27,35)(H,28,30,34). The van der Waals surface area contributed by atoms with Gasteiger partial charge in [-0.05, 0) is 74.9 Å². The molecule has 7 rings (SSSR count). The monoisotopic (exact) mass is 575 g/mol. The molecule has 2 heterocycles. The summed E-state index contributed by atoms with van der Waals surface area (Å²) >= 11 is 4.41. The number of amides is 2. The molecule has 5 fully saturated rings. The maximum atomic E-state index is 13.6. The van der Waals surface area contributed by atoms with Crippen LogP contribution in [0, 0.1) is 23.2 Å². The van der Waals surface area contributed by atoms with Gasteiger partial charge in [-0.15, -0.1) is 20.4 Å². The second kappa shape index (κ2) is 11.4. The molecule has 0 radical (unpaired) electrons. The van der Waals surface area contributed by atoms with E-state index in [-0.39, 0.29) is 23.0 Å². The molecular weight excluding hydrogens is 539 g/mol. The van der Waals surface area contributed by atoms with Gasteiger partial charge in [-0.1, -0.05) is 61.0 Å². The van der Waals surface area contributed by atoms with Gasteiger partial charge in [0.25, 0.3) is 0 Å². The highest BCUT2D eigenvalue weighted by atomic mass is 32.2. The van der Waals surface area contributed by atoms with Crippen molar-refractivity contribution in [3.8, 4) is 0 Å². The highest BCUT2D eigenvalue weighted by Crippen LogP contribution is 2.60. The van der Waals surface area contributed by atoms with Crippen molar-refractivity contribution in [1.29, 1.82) is 0 Å². The predicted molar refractivity (Wildman–Crippen MR) is 150 cm³/mol. The molecule has 2 aromatic heterocycles. The molecule has 0 aliphatic heterocycles. The van der Waals surface area contributed by atoms with E-state index in [0.717, 1.165) is 70.9 Å². The number of anilines is 1. The van der Waals surface area contributed by atoms with Crippen LogP contribution in [0.25, 0.3) is 0 Å². The van der Waals surface area contributed by atoms with E-state index in [1.165, 1.54) is 61.6 Å². The van der Waals surface area contributed by atoms with Crippen LogP contribution in [0.1, 0.15) is 89.4 Å². The minimum atomic E-state index is -0.166. The van der Waals surface area contributed by atoms with E-state index in [9.17, 15) is 9.59 Å². The number of hydrogen-bond donors (Lipinski definition) is 2. The van der Waals surface area contributed by atoms with Crippen LogP contribution in [-0.4, -0.2) is 48.3 Å². The van der Waals surface area contributed by atoms with Gasteiger partial charge in [0.05, 0.1) is 12.3 Å². The van der Waals surface area contributed by atoms with Gasteiger partial charge in [0, 0.05) is 11.5 Å². The Bertz CT molecular complexity index is 1120. The van der Waals surface area contributed by atoms with E-state index in [1.807, 2.05) is 0 Å². The second-order valence-corrected chi connectivity index (χ2v) is 15.0. The Labute approximate surface area is 236 Å². The molecule has 5 aliphatic carbocycles. The summed E-state index contributed by atoms with van der Waals surface area (Å²) in [5.41, 5.74) is -0.166. The minimum Gasteiger partial charge on any atom is -0.348 e. The number of thioether (sulfide) groups is 2. The van der Waals surface area contributed by atoms with Gasteiger partial charge in [-0.3, -0.25) is 14.9 Å². The molecule has 4 bridgehead atoms. The quantitative estimate of drug-likeness (QED) is 0.289. The lowest BCUT2D eigenvalue weighted by molar-refractivity contribution is -0.146. The summed E-state index contributed by atoms with van der Waals surface area (Å²) in [5, 5.41) is 24.6. The molecule has 5 saturated carbocycles. The topological polar surface area (TPSA) is 115 Å². The minimum absolute atomic E-state index is 0.130. The maximum Gasteiger partial charge on any atom is 0.236 e. The van der Waals surface area contributed by atoms with E-state index in [1.54, 1.807) is 11.8 Å². The Morgan fingerprint density at radius 3 is 2.37 bits per heavy atom. The Kier molecular flexibility index (Phi) is 8.00. The molecule has 5 aliphatic rings. The normalized spacial score (nSPS) is 28.5. The average molecular weight is 576 g/mol. The van der Waals surface area contributed by atoms with E-state index in [0.29, 0.717) is 17.7 Å². The van der Waals surface area contributed by atoms with Crippen LogP contribution in [0.15, 0.2) is 9.50 Å². The highest BCUT2D eigenvalue weighted by Gasteiger charge is 2.54. The summed E-state index contributed by atoms with van der Waals surface area (Å²) in [6.07, 6.45) is 12.9. The van der Waals surface area contributed by atoms with E-state index in [4.69, 9.17) is 0 Å². The predicted octanol–water partition coefficient (Wildman–Crippen LogP) is 5.31. The van der Waals surface area contributed by atoms with Crippen molar-refractivity contribution >= 4 is 51.8 Å². The summed E-state index contributed by atoms with van der Waals surface area (Å²) in [6.45, 7) is 2.46. The SMILES string of the molecule is CCSc1nnc(NC(=O)CSc2nnc(CNC(=O)C34CC5CC(CC(C5)C3)C4)n2C2CCCCC2)s1. The number of nitrogens with one attached hydrogen (secondary N) is 2. The first-order valence-corrected chi connectivity index (χ1v) is 16.9. The Hall–Kier alpha value is -1.66. The van der Waals surface area contributed by atoms with Crippen LogP contribution in [0.3, 0.4) is 0 Å². The molecule has 206 valence electrons. The van der Waals surface area contributed by atoms with Crippen molar-refractivity contribution in [1.82, 2.24) is 30.3 Å². The zero-order valence-electron chi connectivity index (χ0n) is 22.0. The van der Waals surface area contributed by atoms with Gasteiger partial charge in [-0.2, -0.15) is 0 Å². The average Bonchev–Trinajstić information content (AvgIpc) is 3.52. The number of nitrogens with zero attached hydrogens (tertiary/aromatic N) is 5. The summed E-state index contributed by atoms with van der Waals surface area (Å²) in [7, 11) is 0. The van der Waals surface area contributed by atoms with Crippen LogP contribution in [0.5, 0.6) is 0 Å². The molecule has 0 aromatic carbocycles. The smallest absolute Gasteiger partial charge is 0.236 e. The fraction of sp³-hybridized carbons (Fsp3) is 0.769.